The Kier molecular flexibility index (Phi) is 6.02. The van der Waals surface area contributed by atoms with E-state index in [9.17, 15) is 0 Å². The van der Waals surface area contributed by atoms with E-state index in [1.807, 2.05) is 12.1 Å². The summed E-state index contributed by atoms with van der Waals surface area (Å²) < 4.78 is 6.19. The van der Waals surface area contributed by atoms with E-state index in [1.54, 1.807) is 0 Å². The maximum atomic E-state index is 6.19. The van der Waals surface area contributed by atoms with Crippen LogP contribution in [0, 0.1) is 0 Å². The average molecular weight is 688 g/mol. The maximum Gasteiger partial charge on any atom is 0.160 e. The summed E-state index contributed by atoms with van der Waals surface area (Å²) in [5, 5.41) is 10.4. The van der Waals surface area contributed by atoms with Gasteiger partial charge < -0.3 is 9.32 Å². The lowest BCUT2D eigenvalue weighted by Gasteiger charge is -2.35. The van der Waals surface area contributed by atoms with Crippen molar-refractivity contribution in [3.05, 3.63) is 176 Å². The van der Waals surface area contributed by atoms with Crippen LogP contribution in [0.1, 0.15) is 0 Å². The lowest BCUT2D eigenvalue weighted by molar-refractivity contribution is 0.669. The molecule has 0 amide bonds. The molecule has 1 aliphatic heterocycles. The van der Waals surface area contributed by atoms with Gasteiger partial charge in [0.05, 0.1) is 28.3 Å². The van der Waals surface area contributed by atoms with Crippen molar-refractivity contribution in [3.63, 3.8) is 0 Å². The van der Waals surface area contributed by atoms with Crippen LogP contribution >= 0.6 is 0 Å². The second-order valence-corrected chi connectivity index (χ2v) is 14.1. The SMILES string of the molecule is c1ccc2c(N3c4ccc5ccccc5c4-c4cccc5cccc3c45)cc(-c3nc(-c4ccc5oc6ccccc6c5c4)c4ccccc4n3)cc2c1. The van der Waals surface area contributed by atoms with Gasteiger partial charge in [0.15, 0.2) is 5.82 Å². The molecule has 0 atom stereocenters. The third-order valence-corrected chi connectivity index (χ3v) is 11.1. The molecular formula is C50H29N3O. The van der Waals surface area contributed by atoms with Gasteiger partial charge in [-0.25, -0.2) is 9.97 Å². The molecule has 0 saturated heterocycles. The summed E-state index contributed by atoms with van der Waals surface area (Å²) in [4.78, 5) is 13.1. The normalized spacial score (nSPS) is 12.4. The van der Waals surface area contributed by atoms with Gasteiger partial charge in [-0.3, -0.25) is 0 Å². The maximum absolute atomic E-state index is 6.19. The zero-order chi connectivity index (χ0) is 35.3. The summed E-state index contributed by atoms with van der Waals surface area (Å²) in [5.74, 6) is 0.683. The Morgan fingerprint density at radius 2 is 1.13 bits per heavy atom. The van der Waals surface area contributed by atoms with Gasteiger partial charge in [-0.1, -0.05) is 121 Å². The quantitative estimate of drug-likeness (QED) is 0.185. The molecule has 0 radical (unpaired) electrons. The first-order valence-electron chi connectivity index (χ1n) is 18.3. The Morgan fingerprint density at radius 1 is 0.407 bits per heavy atom. The summed E-state index contributed by atoms with van der Waals surface area (Å²) in [7, 11) is 0. The van der Waals surface area contributed by atoms with E-state index in [1.165, 1.54) is 32.7 Å². The van der Waals surface area contributed by atoms with Crippen LogP contribution in [0.3, 0.4) is 0 Å². The predicted molar refractivity (Wildman–Crippen MR) is 224 cm³/mol. The number of aromatic nitrogens is 2. The van der Waals surface area contributed by atoms with E-state index in [4.69, 9.17) is 14.4 Å². The Hall–Kier alpha value is -7.30. The minimum absolute atomic E-state index is 0.683. The van der Waals surface area contributed by atoms with Crippen molar-refractivity contribution in [1.82, 2.24) is 9.97 Å². The van der Waals surface area contributed by atoms with Crippen LogP contribution in [0.4, 0.5) is 17.1 Å². The first-order valence-corrected chi connectivity index (χ1v) is 18.3. The Labute approximate surface area is 310 Å². The molecule has 0 unspecified atom stereocenters. The van der Waals surface area contributed by atoms with E-state index in [2.05, 4.69) is 169 Å². The summed E-state index contributed by atoms with van der Waals surface area (Å²) in [6.45, 7) is 0. The summed E-state index contributed by atoms with van der Waals surface area (Å²) in [5.41, 5.74) is 11.4. The van der Waals surface area contributed by atoms with Crippen LogP contribution in [0.25, 0.3) is 98.9 Å². The van der Waals surface area contributed by atoms with Crippen LogP contribution in [0.2, 0.25) is 0 Å². The highest BCUT2D eigenvalue weighted by atomic mass is 16.3. The molecule has 54 heavy (non-hydrogen) atoms. The monoisotopic (exact) mass is 687 g/mol. The molecule has 2 aromatic heterocycles. The smallest absolute Gasteiger partial charge is 0.160 e. The minimum Gasteiger partial charge on any atom is -0.456 e. The zero-order valence-electron chi connectivity index (χ0n) is 29.0. The molecule has 1 aliphatic rings. The number of furan rings is 1. The molecule has 9 aromatic carbocycles. The summed E-state index contributed by atoms with van der Waals surface area (Å²) in [6.07, 6.45) is 0. The molecule has 250 valence electrons. The Morgan fingerprint density at radius 3 is 2.04 bits per heavy atom. The van der Waals surface area contributed by atoms with Gasteiger partial charge >= 0.3 is 0 Å². The van der Waals surface area contributed by atoms with Crippen molar-refractivity contribution in [2.75, 3.05) is 4.90 Å². The molecule has 4 nitrogen and oxygen atoms in total. The standard InChI is InChI=1S/C50H29N3O/c1-4-16-36-30(11-1)23-25-43-48(36)39-19-9-13-31-14-10-21-42(47(31)39)53(43)44-29-34(27-32-12-2-3-15-35(32)44)50-51-41-20-7-5-18-38(41)49(52-50)33-24-26-46-40(28-33)37-17-6-8-22-45(37)54-46/h1-29H. The number of anilines is 3. The Bertz CT molecular complexity index is 3350. The predicted octanol–water partition coefficient (Wildman–Crippen LogP) is 13.8. The van der Waals surface area contributed by atoms with Crippen LogP contribution < -0.4 is 4.90 Å². The molecule has 0 N–H and O–H groups in total. The largest absolute Gasteiger partial charge is 0.456 e. The highest BCUT2D eigenvalue weighted by Crippen LogP contribution is 2.54. The molecule has 12 rings (SSSR count). The van der Waals surface area contributed by atoms with Gasteiger partial charge in [0.1, 0.15) is 11.2 Å². The molecule has 0 fully saturated rings. The zero-order valence-corrected chi connectivity index (χ0v) is 29.0. The lowest BCUT2D eigenvalue weighted by atomic mass is 9.87. The van der Waals surface area contributed by atoms with Crippen LogP contribution in [0.15, 0.2) is 180 Å². The topological polar surface area (TPSA) is 42.2 Å². The van der Waals surface area contributed by atoms with E-state index in [0.717, 1.165) is 77.5 Å². The highest BCUT2D eigenvalue weighted by Gasteiger charge is 2.29. The first kappa shape index (κ1) is 29.3. The van der Waals surface area contributed by atoms with Crippen LogP contribution in [0.5, 0.6) is 0 Å². The molecule has 11 aromatic rings. The molecule has 0 spiro atoms. The molecule has 3 heterocycles. The number of hydrogen-bond acceptors (Lipinski definition) is 4. The number of benzene rings is 9. The van der Waals surface area contributed by atoms with Crippen molar-refractivity contribution in [1.29, 1.82) is 0 Å². The van der Waals surface area contributed by atoms with Crippen molar-refractivity contribution < 1.29 is 4.42 Å². The Balaban J connectivity index is 1.13. The van der Waals surface area contributed by atoms with Crippen molar-refractivity contribution in [3.8, 4) is 33.8 Å². The fraction of sp³-hybridized carbons (Fsp3) is 0. The number of nitrogens with zero attached hydrogens (tertiary/aromatic N) is 3. The third-order valence-electron chi connectivity index (χ3n) is 11.1. The van der Waals surface area contributed by atoms with Crippen molar-refractivity contribution in [2.45, 2.75) is 0 Å². The lowest BCUT2D eigenvalue weighted by Crippen LogP contribution is -2.16. The second-order valence-electron chi connectivity index (χ2n) is 14.1. The molecular weight excluding hydrogens is 659 g/mol. The molecule has 4 heteroatoms. The van der Waals surface area contributed by atoms with Gasteiger partial charge in [0.25, 0.3) is 0 Å². The van der Waals surface area contributed by atoms with E-state index in [-0.39, 0.29) is 0 Å². The van der Waals surface area contributed by atoms with E-state index >= 15 is 0 Å². The number of rotatable bonds is 3. The average Bonchev–Trinajstić information content (AvgIpc) is 3.61. The first-order chi connectivity index (χ1) is 26.8. The fourth-order valence-corrected chi connectivity index (χ4v) is 8.74. The third kappa shape index (κ3) is 4.19. The van der Waals surface area contributed by atoms with Gasteiger partial charge in [0, 0.05) is 43.6 Å². The van der Waals surface area contributed by atoms with Gasteiger partial charge in [0.2, 0.25) is 0 Å². The number of fused-ring (bicyclic) bond motifs is 9. The van der Waals surface area contributed by atoms with Crippen molar-refractivity contribution >= 4 is 82.2 Å². The molecule has 0 bridgehead atoms. The van der Waals surface area contributed by atoms with Gasteiger partial charge in [-0.2, -0.15) is 0 Å². The highest BCUT2D eigenvalue weighted by molar-refractivity contribution is 6.21. The summed E-state index contributed by atoms with van der Waals surface area (Å²) in [6, 6.07) is 62.7. The molecule has 0 aliphatic carbocycles. The van der Waals surface area contributed by atoms with Crippen LogP contribution in [-0.2, 0) is 0 Å². The molecule has 0 saturated carbocycles. The number of para-hydroxylation sites is 2. The summed E-state index contributed by atoms with van der Waals surface area (Å²) >= 11 is 0. The van der Waals surface area contributed by atoms with Crippen molar-refractivity contribution in [2.24, 2.45) is 0 Å². The van der Waals surface area contributed by atoms with E-state index in [0.29, 0.717) is 5.82 Å². The number of hydrogen-bond donors (Lipinski definition) is 0. The van der Waals surface area contributed by atoms with Gasteiger partial charge in [-0.05, 0) is 81.7 Å². The van der Waals surface area contributed by atoms with Gasteiger partial charge in [-0.15, -0.1) is 0 Å². The van der Waals surface area contributed by atoms with Crippen LogP contribution in [-0.4, -0.2) is 9.97 Å². The second kappa shape index (κ2) is 11.1. The van der Waals surface area contributed by atoms with E-state index < -0.39 is 0 Å². The minimum atomic E-state index is 0.683. The fourth-order valence-electron chi connectivity index (χ4n) is 8.74.